The molecule has 1 aliphatic heterocycles. The number of aromatic hydroxyl groups is 1. The van der Waals surface area contributed by atoms with Crippen LogP contribution in [-0.2, 0) is 20.8 Å². The Morgan fingerprint density at radius 2 is 1.64 bits per heavy atom. The lowest BCUT2D eigenvalue weighted by Crippen LogP contribution is -2.59. The van der Waals surface area contributed by atoms with Crippen LogP contribution in [0.4, 0.5) is 0 Å². The van der Waals surface area contributed by atoms with Gasteiger partial charge in [-0.05, 0) is 36.0 Å². The summed E-state index contributed by atoms with van der Waals surface area (Å²) in [6.45, 7) is 7.46. The molecule has 8 nitrogen and oxygen atoms in total. The first kappa shape index (κ1) is 26.9. The number of nitrogens with one attached hydrogen (secondary N) is 2. The number of hydrogen-bond acceptors (Lipinski definition) is 5. The number of benzene rings is 2. The highest BCUT2D eigenvalue weighted by Crippen LogP contribution is 2.23. The van der Waals surface area contributed by atoms with Gasteiger partial charge in [-0.15, -0.1) is 0 Å². The highest BCUT2D eigenvalue weighted by atomic mass is 16.3. The lowest BCUT2D eigenvalue weighted by Gasteiger charge is -2.33. The Morgan fingerprint density at radius 3 is 2.22 bits per heavy atom. The van der Waals surface area contributed by atoms with Gasteiger partial charge < -0.3 is 20.6 Å². The summed E-state index contributed by atoms with van der Waals surface area (Å²) in [7, 11) is 0. The fourth-order valence-corrected chi connectivity index (χ4v) is 4.47. The first-order valence-corrected chi connectivity index (χ1v) is 12.2. The first-order valence-electron chi connectivity index (χ1n) is 12.2. The number of phenols is 1. The molecule has 1 aliphatic rings. The molecular weight excluding hydrogens is 458 g/mol. The Hall–Kier alpha value is -3.68. The minimum Gasteiger partial charge on any atom is -0.508 e. The maximum Gasteiger partial charge on any atom is 0.243 e. The van der Waals surface area contributed by atoms with Crippen molar-refractivity contribution in [2.75, 3.05) is 6.54 Å². The lowest BCUT2D eigenvalue weighted by molar-refractivity contribution is -0.139. The molecule has 1 fully saturated rings. The molecule has 2 aromatic carbocycles. The number of amides is 3. The van der Waals surface area contributed by atoms with Crippen LogP contribution < -0.4 is 10.6 Å². The van der Waals surface area contributed by atoms with Crippen LogP contribution in [0.2, 0.25) is 0 Å². The molecule has 1 saturated heterocycles. The molecule has 0 bridgehead atoms. The molecule has 0 saturated carbocycles. The van der Waals surface area contributed by atoms with Crippen molar-refractivity contribution in [1.82, 2.24) is 15.5 Å². The number of Topliss-reactive ketones (excluding diaryl/α,β-unsaturated/α-hetero) is 1. The number of carbonyl (C=O) groups is 4. The first-order chi connectivity index (χ1) is 17.0. The van der Waals surface area contributed by atoms with Crippen LogP contribution in [0.15, 0.2) is 54.6 Å². The monoisotopic (exact) mass is 493 g/mol. The van der Waals surface area contributed by atoms with Gasteiger partial charge in [0.1, 0.15) is 17.8 Å². The summed E-state index contributed by atoms with van der Waals surface area (Å²) in [5.41, 5.74) is 0.570. The summed E-state index contributed by atoms with van der Waals surface area (Å²) in [5.74, 6) is -1.17. The molecule has 2 aromatic rings. The number of nitrogens with zero attached hydrogens (tertiary/aromatic N) is 1. The Labute approximate surface area is 212 Å². The number of ketones is 1. The molecule has 0 spiro atoms. The summed E-state index contributed by atoms with van der Waals surface area (Å²) in [5, 5.41) is 15.3. The molecule has 0 radical (unpaired) electrons. The van der Waals surface area contributed by atoms with Crippen molar-refractivity contribution in [3.63, 3.8) is 0 Å². The van der Waals surface area contributed by atoms with E-state index in [1.54, 1.807) is 36.4 Å². The molecular formula is C28H35N3O5. The zero-order valence-electron chi connectivity index (χ0n) is 21.3. The molecule has 3 N–H and O–H groups in total. The van der Waals surface area contributed by atoms with Crippen LogP contribution in [0.5, 0.6) is 5.75 Å². The van der Waals surface area contributed by atoms with E-state index in [0.717, 1.165) is 12.0 Å². The topological polar surface area (TPSA) is 116 Å². The van der Waals surface area contributed by atoms with Crippen LogP contribution in [0.1, 0.15) is 56.5 Å². The smallest absolute Gasteiger partial charge is 0.243 e. The summed E-state index contributed by atoms with van der Waals surface area (Å²) in [4.78, 5) is 53.5. The predicted molar refractivity (Wildman–Crippen MR) is 136 cm³/mol. The fourth-order valence-electron chi connectivity index (χ4n) is 4.47. The molecule has 1 heterocycles. The van der Waals surface area contributed by atoms with Crippen molar-refractivity contribution < 1.29 is 24.3 Å². The Kier molecular flexibility index (Phi) is 8.50. The van der Waals surface area contributed by atoms with Crippen LogP contribution in [-0.4, -0.2) is 58.2 Å². The molecule has 192 valence electrons. The van der Waals surface area contributed by atoms with E-state index in [1.165, 1.54) is 24.0 Å². The number of carbonyl (C=O) groups excluding carboxylic acids is 4. The van der Waals surface area contributed by atoms with Crippen molar-refractivity contribution >= 4 is 23.5 Å². The summed E-state index contributed by atoms with van der Waals surface area (Å²) in [6.07, 6.45) is 1.48. The highest BCUT2D eigenvalue weighted by Gasteiger charge is 2.39. The third-order valence-electron chi connectivity index (χ3n) is 6.44. The van der Waals surface area contributed by atoms with Gasteiger partial charge in [-0.3, -0.25) is 19.2 Å². The minimum absolute atomic E-state index is 0.107. The van der Waals surface area contributed by atoms with Crippen LogP contribution in [0.25, 0.3) is 0 Å². The van der Waals surface area contributed by atoms with Gasteiger partial charge in [0.25, 0.3) is 0 Å². The van der Waals surface area contributed by atoms with Crippen LogP contribution in [0, 0.1) is 5.41 Å². The van der Waals surface area contributed by atoms with Gasteiger partial charge in [0.05, 0.1) is 6.04 Å². The second kappa shape index (κ2) is 11.4. The summed E-state index contributed by atoms with van der Waals surface area (Å²) < 4.78 is 0. The third kappa shape index (κ3) is 6.71. The van der Waals surface area contributed by atoms with E-state index >= 15 is 0 Å². The molecule has 3 atom stereocenters. The number of rotatable bonds is 8. The maximum absolute atomic E-state index is 13.5. The average molecular weight is 494 g/mol. The van der Waals surface area contributed by atoms with Crippen molar-refractivity contribution in [2.24, 2.45) is 5.41 Å². The highest BCUT2D eigenvalue weighted by molar-refractivity contribution is 6.03. The van der Waals surface area contributed by atoms with Crippen LogP contribution >= 0.6 is 0 Å². The van der Waals surface area contributed by atoms with Crippen molar-refractivity contribution in [3.8, 4) is 5.75 Å². The van der Waals surface area contributed by atoms with E-state index in [-0.39, 0.29) is 29.8 Å². The van der Waals surface area contributed by atoms with Crippen molar-refractivity contribution in [3.05, 3.63) is 65.7 Å². The van der Waals surface area contributed by atoms with Gasteiger partial charge >= 0.3 is 0 Å². The lowest BCUT2D eigenvalue weighted by atomic mass is 9.85. The molecule has 0 aliphatic carbocycles. The molecule has 3 rings (SSSR count). The fraction of sp³-hybridized carbons (Fsp3) is 0.429. The van der Waals surface area contributed by atoms with E-state index < -0.39 is 29.4 Å². The Bertz CT molecular complexity index is 1090. The van der Waals surface area contributed by atoms with Gasteiger partial charge in [-0.1, -0.05) is 63.2 Å². The van der Waals surface area contributed by atoms with Crippen molar-refractivity contribution in [2.45, 2.75) is 65.1 Å². The van der Waals surface area contributed by atoms with Gasteiger partial charge in [0.15, 0.2) is 5.78 Å². The average Bonchev–Trinajstić information content (AvgIpc) is 3.33. The van der Waals surface area contributed by atoms with E-state index in [4.69, 9.17) is 0 Å². The molecule has 3 amide bonds. The maximum atomic E-state index is 13.5. The van der Waals surface area contributed by atoms with Gasteiger partial charge in [-0.2, -0.15) is 0 Å². The summed E-state index contributed by atoms with van der Waals surface area (Å²) >= 11 is 0. The second-order valence-corrected chi connectivity index (χ2v) is 10.3. The van der Waals surface area contributed by atoms with E-state index in [2.05, 4.69) is 10.6 Å². The molecule has 3 unspecified atom stereocenters. The van der Waals surface area contributed by atoms with Crippen molar-refractivity contribution in [1.29, 1.82) is 0 Å². The minimum atomic E-state index is -0.926. The summed E-state index contributed by atoms with van der Waals surface area (Å²) in [6, 6.07) is 12.7. The van der Waals surface area contributed by atoms with Crippen LogP contribution in [0.3, 0.4) is 0 Å². The van der Waals surface area contributed by atoms with E-state index in [1.807, 2.05) is 26.8 Å². The standard InChI is InChI=1S/C28H35N3O5/c1-18(32)31-16-8-11-23(31)26(35)30-25(28(2,3)4)27(36)29-22(17-19-12-14-21(33)15-13-19)24(34)20-9-6-5-7-10-20/h5-7,9-10,12-15,22-23,25,33H,8,11,16-17H2,1-4H3,(H,29,36)(H,30,35). The van der Waals surface area contributed by atoms with E-state index in [9.17, 15) is 24.3 Å². The number of likely N-dealkylation sites (tertiary alicyclic amines) is 1. The van der Waals surface area contributed by atoms with Gasteiger partial charge in [0, 0.05) is 25.5 Å². The second-order valence-electron chi connectivity index (χ2n) is 10.3. The quantitative estimate of drug-likeness (QED) is 0.489. The SMILES string of the molecule is CC(=O)N1CCCC1C(=O)NC(C(=O)NC(Cc1ccc(O)cc1)C(=O)c1ccccc1)C(C)(C)C. The largest absolute Gasteiger partial charge is 0.508 e. The number of phenolic OH excluding ortho intramolecular Hbond substituents is 1. The Morgan fingerprint density at radius 1 is 1.00 bits per heavy atom. The molecule has 8 heteroatoms. The van der Waals surface area contributed by atoms with Gasteiger partial charge in [-0.25, -0.2) is 0 Å². The predicted octanol–water partition coefficient (Wildman–Crippen LogP) is 2.84. The number of hydrogen-bond donors (Lipinski definition) is 3. The Balaban J connectivity index is 1.83. The van der Waals surface area contributed by atoms with Gasteiger partial charge in [0.2, 0.25) is 17.7 Å². The molecule has 0 aromatic heterocycles. The van der Waals surface area contributed by atoms with E-state index in [0.29, 0.717) is 18.5 Å². The zero-order chi connectivity index (χ0) is 26.5. The molecule has 36 heavy (non-hydrogen) atoms. The zero-order valence-corrected chi connectivity index (χ0v) is 21.3. The third-order valence-corrected chi connectivity index (χ3v) is 6.44. The normalized spacial score (nSPS) is 17.2.